The summed E-state index contributed by atoms with van der Waals surface area (Å²) in [7, 11) is -3.20. The third kappa shape index (κ3) is 7.39. The van der Waals surface area contributed by atoms with E-state index in [-0.39, 0.29) is 18.1 Å². The zero-order chi connectivity index (χ0) is 20.6. The monoisotopic (exact) mass is 412 g/mol. The second-order valence-corrected chi connectivity index (χ2v) is 9.50. The molecule has 1 aliphatic heterocycles. The molecular formula is C20H33FN4O2S. The van der Waals surface area contributed by atoms with Crippen LogP contribution in [0.4, 0.5) is 4.39 Å². The first-order valence-electron chi connectivity index (χ1n) is 10.0. The van der Waals surface area contributed by atoms with Gasteiger partial charge in [0, 0.05) is 25.4 Å². The Kier molecular flexibility index (Phi) is 8.69. The topological polar surface area (TPSA) is 73.8 Å². The van der Waals surface area contributed by atoms with Gasteiger partial charge in [-0.2, -0.15) is 0 Å². The minimum absolute atomic E-state index is 0.116. The van der Waals surface area contributed by atoms with Crippen molar-refractivity contribution in [2.24, 2.45) is 4.99 Å². The van der Waals surface area contributed by atoms with Gasteiger partial charge in [-0.25, -0.2) is 17.8 Å². The molecule has 8 heteroatoms. The van der Waals surface area contributed by atoms with E-state index in [0.717, 1.165) is 26.1 Å². The molecule has 28 heavy (non-hydrogen) atoms. The van der Waals surface area contributed by atoms with Gasteiger partial charge in [0.1, 0.15) is 5.82 Å². The van der Waals surface area contributed by atoms with Crippen LogP contribution in [0.3, 0.4) is 0 Å². The lowest BCUT2D eigenvalue weighted by molar-refractivity contribution is 0.236. The molecular weight excluding hydrogens is 379 g/mol. The van der Waals surface area contributed by atoms with Crippen LogP contribution < -0.4 is 10.6 Å². The maximum atomic E-state index is 13.7. The van der Waals surface area contributed by atoms with E-state index in [1.54, 1.807) is 0 Å². The Morgan fingerprint density at radius 2 is 1.93 bits per heavy atom. The molecule has 0 amide bonds. The van der Waals surface area contributed by atoms with E-state index >= 15 is 0 Å². The van der Waals surface area contributed by atoms with Gasteiger partial charge in [-0.1, -0.05) is 13.0 Å². The molecule has 1 aromatic carbocycles. The molecule has 158 valence electrons. The second-order valence-electron chi connectivity index (χ2n) is 7.36. The quantitative estimate of drug-likeness (QED) is 0.481. The van der Waals surface area contributed by atoms with Gasteiger partial charge in [-0.05, 0) is 62.5 Å². The molecule has 0 spiro atoms. The van der Waals surface area contributed by atoms with Gasteiger partial charge in [0.05, 0.1) is 12.3 Å². The van der Waals surface area contributed by atoms with Gasteiger partial charge < -0.3 is 10.6 Å². The van der Waals surface area contributed by atoms with Crippen molar-refractivity contribution in [3.05, 3.63) is 35.1 Å². The SMILES string of the molecule is CCNC(=NCc1cc(F)ccc1CS(C)(=O)=O)NCC(CC)N1CCCC1. The number of hydrogen-bond donors (Lipinski definition) is 2. The lowest BCUT2D eigenvalue weighted by Gasteiger charge is -2.27. The third-order valence-corrected chi connectivity index (χ3v) is 5.81. The van der Waals surface area contributed by atoms with Crippen molar-refractivity contribution in [3.8, 4) is 0 Å². The minimum atomic E-state index is -3.20. The molecule has 0 radical (unpaired) electrons. The van der Waals surface area contributed by atoms with Crippen molar-refractivity contribution >= 4 is 15.8 Å². The second kappa shape index (κ2) is 10.8. The largest absolute Gasteiger partial charge is 0.357 e. The highest BCUT2D eigenvalue weighted by Gasteiger charge is 2.20. The summed E-state index contributed by atoms with van der Waals surface area (Å²) in [6.45, 7) is 8.20. The number of likely N-dealkylation sites (tertiary alicyclic amines) is 1. The van der Waals surface area contributed by atoms with Crippen molar-refractivity contribution in [2.45, 2.75) is 51.4 Å². The van der Waals surface area contributed by atoms with Crippen LogP contribution in [0.1, 0.15) is 44.2 Å². The Balaban J connectivity index is 2.08. The molecule has 1 heterocycles. The molecule has 1 unspecified atom stereocenters. The van der Waals surface area contributed by atoms with Crippen LogP contribution in [0, 0.1) is 5.82 Å². The average Bonchev–Trinajstić information content (AvgIpc) is 3.15. The van der Waals surface area contributed by atoms with E-state index in [1.165, 1.54) is 37.3 Å². The fourth-order valence-corrected chi connectivity index (χ4v) is 4.37. The van der Waals surface area contributed by atoms with Crippen LogP contribution in [-0.4, -0.2) is 57.8 Å². The highest BCUT2D eigenvalue weighted by molar-refractivity contribution is 7.89. The van der Waals surface area contributed by atoms with Gasteiger partial charge in [0.25, 0.3) is 0 Å². The standard InChI is InChI=1S/C20H33FN4O2S/c1-4-19(25-10-6-7-11-25)14-24-20(22-5-2)23-13-17-12-18(21)9-8-16(17)15-28(3,26)27/h8-9,12,19H,4-7,10-11,13-15H2,1-3H3,(H2,22,23,24). The zero-order valence-corrected chi connectivity index (χ0v) is 18.0. The molecule has 1 aromatic rings. The van der Waals surface area contributed by atoms with Gasteiger partial charge in [-0.15, -0.1) is 0 Å². The fourth-order valence-electron chi connectivity index (χ4n) is 3.52. The van der Waals surface area contributed by atoms with Crippen LogP contribution in [-0.2, 0) is 22.1 Å². The Labute approximate surface area is 168 Å². The molecule has 2 N–H and O–H groups in total. The van der Waals surface area contributed by atoms with Crippen LogP contribution in [0.25, 0.3) is 0 Å². The number of sulfone groups is 1. The molecule has 2 rings (SSSR count). The normalized spacial score (nSPS) is 16.9. The summed E-state index contributed by atoms with van der Waals surface area (Å²) in [6, 6.07) is 4.65. The first-order chi connectivity index (χ1) is 13.3. The number of hydrogen-bond acceptors (Lipinski definition) is 4. The van der Waals surface area contributed by atoms with Crippen molar-refractivity contribution in [1.82, 2.24) is 15.5 Å². The van der Waals surface area contributed by atoms with Crippen molar-refractivity contribution in [2.75, 3.05) is 32.4 Å². The maximum Gasteiger partial charge on any atom is 0.191 e. The maximum absolute atomic E-state index is 13.7. The minimum Gasteiger partial charge on any atom is -0.357 e. The van der Waals surface area contributed by atoms with E-state index in [1.807, 2.05) is 6.92 Å². The number of aliphatic imine (C=N–C) groups is 1. The molecule has 6 nitrogen and oxygen atoms in total. The van der Waals surface area contributed by atoms with Crippen LogP contribution in [0.5, 0.6) is 0 Å². The summed E-state index contributed by atoms with van der Waals surface area (Å²) in [6.07, 6.45) is 4.76. The zero-order valence-electron chi connectivity index (χ0n) is 17.2. The van der Waals surface area contributed by atoms with Gasteiger partial charge in [0.15, 0.2) is 15.8 Å². The van der Waals surface area contributed by atoms with E-state index in [9.17, 15) is 12.8 Å². The van der Waals surface area contributed by atoms with Gasteiger partial charge >= 0.3 is 0 Å². The van der Waals surface area contributed by atoms with E-state index < -0.39 is 9.84 Å². The number of halogens is 1. The summed E-state index contributed by atoms with van der Waals surface area (Å²) in [4.78, 5) is 7.07. The Hall–Kier alpha value is -1.67. The lowest BCUT2D eigenvalue weighted by atomic mass is 10.1. The van der Waals surface area contributed by atoms with Crippen LogP contribution in [0.2, 0.25) is 0 Å². The fraction of sp³-hybridized carbons (Fsp3) is 0.650. The van der Waals surface area contributed by atoms with Crippen LogP contribution >= 0.6 is 0 Å². The van der Waals surface area contributed by atoms with Crippen molar-refractivity contribution in [1.29, 1.82) is 0 Å². The molecule has 0 bridgehead atoms. The van der Waals surface area contributed by atoms with Crippen molar-refractivity contribution < 1.29 is 12.8 Å². The molecule has 1 fully saturated rings. The Morgan fingerprint density at radius 1 is 1.21 bits per heavy atom. The number of benzene rings is 1. The Morgan fingerprint density at radius 3 is 2.54 bits per heavy atom. The molecule has 1 aliphatic rings. The number of nitrogens with zero attached hydrogens (tertiary/aromatic N) is 2. The first-order valence-corrected chi connectivity index (χ1v) is 12.1. The Bertz CT molecular complexity index is 761. The summed E-state index contributed by atoms with van der Waals surface area (Å²) >= 11 is 0. The first kappa shape index (κ1) is 22.6. The van der Waals surface area contributed by atoms with E-state index in [2.05, 4.69) is 27.4 Å². The van der Waals surface area contributed by atoms with Gasteiger partial charge in [-0.3, -0.25) is 4.90 Å². The van der Waals surface area contributed by atoms with E-state index in [4.69, 9.17) is 0 Å². The molecule has 0 aromatic heterocycles. The van der Waals surface area contributed by atoms with Crippen molar-refractivity contribution in [3.63, 3.8) is 0 Å². The molecule has 1 saturated heterocycles. The summed E-state index contributed by atoms with van der Waals surface area (Å²) in [5.74, 6) is 0.157. The molecule has 0 saturated carbocycles. The summed E-state index contributed by atoms with van der Waals surface area (Å²) in [5, 5.41) is 6.60. The van der Waals surface area contributed by atoms with Crippen LogP contribution in [0.15, 0.2) is 23.2 Å². The number of nitrogens with one attached hydrogen (secondary N) is 2. The summed E-state index contributed by atoms with van der Waals surface area (Å²) in [5.41, 5.74) is 1.18. The lowest BCUT2D eigenvalue weighted by Crippen LogP contribution is -2.46. The highest BCUT2D eigenvalue weighted by atomic mass is 32.2. The van der Waals surface area contributed by atoms with Gasteiger partial charge in [0.2, 0.25) is 0 Å². The predicted octanol–water partition coefficient (Wildman–Crippen LogP) is 2.30. The molecule has 0 aliphatic carbocycles. The average molecular weight is 413 g/mol. The predicted molar refractivity (Wildman–Crippen MR) is 113 cm³/mol. The highest BCUT2D eigenvalue weighted by Crippen LogP contribution is 2.16. The number of rotatable bonds is 9. The molecule has 1 atom stereocenters. The number of guanidine groups is 1. The third-order valence-electron chi connectivity index (χ3n) is 4.97. The van der Waals surface area contributed by atoms with E-state index in [0.29, 0.717) is 29.7 Å². The summed E-state index contributed by atoms with van der Waals surface area (Å²) < 4.78 is 37.0. The smallest absolute Gasteiger partial charge is 0.191 e.